The number of amides is 1. The van der Waals surface area contributed by atoms with Crippen LogP contribution in [0.2, 0.25) is 0 Å². The van der Waals surface area contributed by atoms with Gasteiger partial charge in [-0.2, -0.15) is 5.10 Å². The van der Waals surface area contributed by atoms with Gasteiger partial charge >= 0.3 is 0 Å². The third kappa shape index (κ3) is 4.08. The van der Waals surface area contributed by atoms with Gasteiger partial charge in [-0.3, -0.25) is 4.79 Å². The van der Waals surface area contributed by atoms with Gasteiger partial charge in [0.25, 0.3) is 0 Å². The molecule has 0 saturated carbocycles. The molecule has 0 fully saturated rings. The standard InChI is InChI=1S/C26H23N3O/c1-19-13-15-24(16-14-19)29-25(21-9-5-3-6-10-21)17-23(18-27-28-20(2)30)26(29)22-11-7-4-8-12-22/h3-18H,1-2H3,(H,28,30)/b27-18+. The monoisotopic (exact) mass is 393 g/mol. The van der Waals surface area contributed by atoms with Crippen molar-refractivity contribution in [2.45, 2.75) is 13.8 Å². The fraction of sp³-hybridized carbons (Fsp3) is 0.0769. The molecule has 1 N–H and O–H groups in total. The van der Waals surface area contributed by atoms with Crippen LogP contribution in [0, 0.1) is 6.92 Å². The molecule has 1 heterocycles. The van der Waals surface area contributed by atoms with E-state index in [0.717, 1.165) is 33.8 Å². The molecule has 0 aliphatic rings. The van der Waals surface area contributed by atoms with E-state index in [2.05, 4.69) is 76.6 Å². The first-order chi connectivity index (χ1) is 14.6. The molecule has 148 valence electrons. The number of aromatic nitrogens is 1. The van der Waals surface area contributed by atoms with Crippen molar-refractivity contribution < 1.29 is 4.79 Å². The number of nitrogens with zero attached hydrogens (tertiary/aromatic N) is 2. The summed E-state index contributed by atoms with van der Waals surface area (Å²) in [5.41, 5.74) is 9.97. The number of hydrogen-bond acceptors (Lipinski definition) is 2. The molecule has 0 aliphatic carbocycles. The molecule has 0 spiro atoms. The minimum absolute atomic E-state index is 0.200. The highest BCUT2D eigenvalue weighted by Crippen LogP contribution is 2.35. The quantitative estimate of drug-likeness (QED) is 0.349. The lowest BCUT2D eigenvalue weighted by molar-refractivity contribution is -0.118. The van der Waals surface area contributed by atoms with Crippen molar-refractivity contribution in [2.24, 2.45) is 5.10 Å². The highest BCUT2D eigenvalue weighted by molar-refractivity contribution is 5.94. The molecule has 4 rings (SSSR count). The summed E-state index contributed by atoms with van der Waals surface area (Å²) in [7, 11) is 0. The highest BCUT2D eigenvalue weighted by atomic mass is 16.2. The normalized spacial score (nSPS) is 11.0. The Bertz CT molecular complexity index is 1170. The predicted octanol–water partition coefficient (Wildman–Crippen LogP) is 5.59. The Morgan fingerprint density at radius 3 is 2.07 bits per heavy atom. The van der Waals surface area contributed by atoms with Crippen molar-refractivity contribution in [2.75, 3.05) is 0 Å². The molecular formula is C26H23N3O. The maximum Gasteiger partial charge on any atom is 0.236 e. The van der Waals surface area contributed by atoms with Crippen LogP contribution in [0.1, 0.15) is 18.1 Å². The molecule has 0 unspecified atom stereocenters. The van der Waals surface area contributed by atoms with Crippen LogP contribution in [0.5, 0.6) is 0 Å². The minimum atomic E-state index is -0.200. The predicted molar refractivity (Wildman–Crippen MR) is 123 cm³/mol. The van der Waals surface area contributed by atoms with E-state index in [4.69, 9.17) is 0 Å². The molecule has 0 atom stereocenters. The molecule has 3 aromatic carbocycles. The van der Waals surface area contributed by atoms with Gasteiger partial charge in [0, 0.05) is 18.2 Å². The Morgan fingerprint density at radius 1 is 0.867 bits per heavy atom. The van der Waals surface area contributed by atoms with E-state index in [1.807, 2.05) is 36.4 Å². The topological polar surface area (TPSA) is 46.4 Å². The van der Waals surface area contributed by atoms with Crippen molar-refractivity contribution in [3.05, 3.63) is 102 Å². The number of nitrogens with one attached hydrogen (secondary N) is 1. The van der Waals surface area contributed by atoms with Gasteiger partial charge in [-0.05, 0) is 36.2 Å². The van der Waals surface area contributed by atoms with Crippen LogP contribution in [0.25, 0.3) is 28.2 Å². The van der Waals surface area contributed by atoms with Crippen LogP contribution in [0.3, 0.4) is 0 Å². The average molecular weight is 393 g/mol. The van der Waals surface area contributed by atoms with Crippen LogP contribution in [-0.2, 0) is 4.79 Å². The lowest BCUT2D eigenvalue weighted by Gasteiger charge is -2.15. The third-order valence-corrected chi connectivity index (χ3v) is 4.86. The number of carbonyl (C=O) groups excluding carboxylic acids is 1. The van der Waals surface area contributed by atoms with Crippen molar-refractivity contribution in [3.8, 4) is 28.2 Å². The summed E-state index contributed by atoms with van der Waals surface area (Å²) in [6.45, 7) is 3.53. The fourth-order valence-electron chi connectivity index (χ4n) is 3.50. The van der Waals surface area contributed by atoms with Gasteiger partial charge < -0.3 is 4.57 Å². The maximum atomic E-state index is 11.3. The smallest absolute Gasteiger partial charge is 0.236 e. The molecule has 30 heavy (non-hydrogen) atoms. The largest absolute Gasteiger partial charge is 0.309 e. The Kier molecular flexibility index (Phi) is 5.57. The second-order valence-corrected chi connectivity index (χ2v) is 7.16. The second kappa shape index (κ2) is 8.62. The lowest BCUT2D eigenvalue weighted by Crippen LogP contribution is -2.12. The van der Waals surface area contributed by atoms with Crippen LogP contribution >= 0.6 is 0 Å². The summed E-state index contributed by atoms with van der Waals surface area (Å²) in [5.74, 6) is -0.200. The summed E-state index contributed by atoms with van der Waals surface area (Å²) >= 11 is 0. The van der Waals surface area contributed by atoms with E-state index < -0.39 is 0 Å². The fourth-order valence-corrected chi connectivity index (χ4v) is 3.50. The first-order valence-corrected chi connectivity index (χ1v) is 9.87. The molecule has 4 aromatic rings. The van der Waals surface area contributed by atoms with Gasteiger partial charge in [-0.25, -0.2) is 5.43 Å². The van der Waals surface area contributed by atoms with Gasteiger partial charge in [0.1, 0.15) is 0 Å². The Morgan fingerprint density at radius 2 is 1.47 bits per heavy atom. The zero-order chi connectivity index (χ0) is 20.9. The molecule has 0 radical (unpaired) electrons. The van der Waals surface area contributed by atoms with E-state index in [-0.39, 0.29) is 5.91 Å². The summed E-state index contributed by atoms with van der Waals surface area (Å²) in [5, 5.41) is 4.15. The molecule has 4 heteroatoms. The third-order valence-electron chi connectivity index (χ3n) is 4.86. The van der Waals surface area contributed by atoms with Crippen LogP contribution in [-0.4, -0.2) is 16.7 Å². The van der Waals surface area contributed by atoms with E-state index >= 15 is 0 Å². The first-order valence-electron chi connectivity index (χ1n) is 9.87. The van der Waals surface area contributed by atoms with Crippen molar-refractivity contribution in [3.63, 3.8) is 0 Å². The van der Waals surface area contributed by atoms with Crippen molar-refractivity contribution in [1.29, 1.82) is 0 Å². The number of hydrogen-bond donors (Lipinski definition) is 1. The van der Waals surface area contributed by atoms with Gasteiger partial charge in [0.15, 0.2) is 0 Å². The molecular weight excluding hydrogens is 370 g/mol. The minimum Gasteiger partial charge on any atom is -0.309 e. The average Bonchev–Trinajstić information content (AvgIpc) is 3.15. The van der Waals surface area contributed by atoms with E-state index in [9.17, 15) is 4.79 Å². The van der Waals surface area contributed by atoms with Crippen LogP contribution in [0.15, 0.2) is 96.1 Å². The molecule has 0 bridgehead atoms. The molecule has 4 nitrogen and oxygen atoms in total. The maximum absolute atomic E-state index is 11.3. The van der Waals surface area contributed by atoms with Crippen molar-refractivity contribution >= 4 is 12.1 Å². The van der Waals surface area contributed by atoms with Gasteiger partial charge in [0.05, 0.1) is 17.6 Å². The van der Waals surface area contributed by atoms with Crippen molar-refractivity contribution in [1.82, 2.24) is 9.99 Å². The molecule has 0 saturated heterocycles. The number of carbonyl (C=O) groups is 1. The van der Waals surface area contributed by atoms with Gasteiger partial charge in [-0.15, -0.1) is 0 Å². The van der Waals surface area contributed by atoms with Gasteiger partial charge in [0.2, 0.25) is 5.91 Å². The Hall–Kier alpha value is -3.92. The zero-order valence-corrected chi connectivity index (χ0v) is 17.0. The SMILES string of the molecule is CC(=O)N/N=C/c1cc(-c2ccccc2)n(-c2ccc(C)cc2)c1-c1ccccc1. The number of benzene rings is 3. The second-order valence-electron chi connectivity index (χ2n) is 7.16. The van der Waals surface area contributed by atoms with Crippen LogP contribution < -0.4 is 5.43 Å². The van der Waals surface area contributed by atoms with Crippen LogP contribution in [0.4, 0.5) is 0 Å². The van der Waals surface area contributed by atoms with E-state index in [1.54, 1.807) is 6.21 Å². The molecule has 1 aromatic heterocycles. The summed E-state index contributed by atoms with van der Waals surface area (Å²) < 4.78 is 2.25. The molecule has 1 amide bonds. The first kappa shape index (κ1) is 19.4. The summed E-state index contributed by atoms with van der Waals surface area (Å²) in [6, 6.07) is 31.1. The van der Waals surface area contributed by atoms with E-state index in [0.29, 0.717) is 0 Å². The number of aryl methyl sites for hydroxylation is 1. The number of rotatable bonds is 5. The Labute approximate surface area is 176 Å². The van der Waals surface area contributed by atoms with E-state index in [1.165, 1.54) is 12.5 Å². The highest BCUT2D eigenvalue weighted by Gasteiger charge is 2.18. The Balaban J connectivity index is 2.00. The summed E-state index contributed by atoms with van der Waals surface area (Å²) in [4.78, 5) is 11.3. The molecule has 0 aliphatic heterocycles. The zero-order valence-electron chi connectivity index (χ0n) is 17.0. The summed E-state index contributed by atoms with van der Waals surface area (Å²) in [6.07, 6.45) is 1.71. The van der Waals surface area contributed by atoms with Gasteiger partial charge in [-0.1, -0.05) is 78.4 Å². The lowest BCUT2D eigenvalue weighted by atomic mass is 10.1. The number of hydrazone groups is 1.